The normalized spacial score (nSPS) is 12.8. The van der Waals surface area contributed by atoms with Gasteiger partial charge in [0.2, 0.25) is 0 Å². The van der Waals surface area contributed by atoms with E-state index in [0.717, 1.165) is 9.13 Å². The first kappa shape index (κ1) is 16.0. The van der Waals surface area contributed by atoms with Gasteiger partial charge in [0.25, 0.3) is 5.91 Å². The summed E-state index contributed by atoms with van der Waals surface area (Å²) in [5.41, 5.74) is 1.77. The Bertz CT molecular complexity index is 599. The number of rotatable bonds is 3. The molecule has 110 valence electrons. The average molecular weight is 393 g/mol. The van der Waals surface area contributed by atoms with Gasteiger partial charge in [-0.2, -0.15) is 0 Å². The number of benzene rings is 2. The molecule has 2 rings (SSSR count). The Kier molecular flexibility index (Phi) is 5.04. The number of amides is 1. The molecule has 0 aromatic heterocycles. The summed E-state index contributed by atoms with van der Waals surface area (Å²) in [6.45, 7) is 6.41. The molecule has 1 unspecified atom stereocenters. The molecular weight excluding hydrogens is 373 g/mol. The molecule has 0 saturated carbocycles. The van der Waals surface area contributed by atoms with E-state index in [1.54, 1.807) is 0 Å². The molecule has 1 amide bonds. The van der Waals surface area contributed by atoms with Crippen molar-refractivity contribution in [3.8, 4) is 0 Å². The van der Waals surface area contributed by atoms with Gasteiger partial charge >= 0.3 is 0 Å². The van der Waals surface area contributed by atoms with Crippen LogP contribution in [0.15, 0.2) is 54.6 Å². The summed E-state index contributed by atoms with van der Waals surface area (Å²) < 4.78 is 1.12. The van der Waals surface area contributed by atoms with E-state index < -0.39 is 0 Å². The topological polar surface area (TPSA) is 29.1 Å². The molecule has 1 atom stereocenters. The van der Waals surface area contributed by atoms with Crippen molar-refractivity contribution in [2.75, 3.05) is 0 Å². The number of carbonyl (C=O) groups excluding carboxylic acids is 1. The molecule has 0 bridgehead atoms. The van der Waals surface area contributed by atoms with Crippen LogP contribution >= 0.6 is 22.6 Å². The number of hydrogen-bond donors (Lipinski definition) is 1. The zero-order chi connectivity index (χ0) is 15.5. The fourth-order valence-electron chi connectivity index (χ4n) is 2.26. The standard InChI is InChI=1S/C18H20INO/c1-18(2,3)16(13-7-5-4-6-8-13)20-17(21)14-9-11-15(19)12-10-14/h4-12,16H,1-3H3,(H,20,21). The van der Waals surface area contributed by atoms with Crippen LogP contribution in [-0.2, 0) is 0 Å². The molecule has 0 fully saturated rings. The van der Waals surface area contributed by atoms with Gasteiger partial charge < -0.3 is 5.32 Å². The molecule has 0 radical (unpaired) electrons. The Morgan fingerprint density at radius 2 is 1.57 bits per heavy atom. The smallest absolute Gasteiger partial charge is 0.251 e. The number of hydrogen-bond acceptors (Lipinski definition) is 1. The molecule has 0 saturated heterocycles. The summed E-state index contributed by atoms with van der Waals surface area (Å²) in [5, 5.41) is 3.17. The van der Waals surface area contributed by atoms with E-state index in [4.69, 9.17) is 0 Å². The van der Waals surface area contributed by atoms with E-state index >= 15 is 0 Å². The van der Waals surface area contributed by atoms with Gasteiger partial charge in [-0.05, 0) is 57.8 Å². The van der Waals surface area contributed by atoms with Crippen molar-refractivity contribution >= 4 is 28.5 Å². The van der Waals surface area contributed by atoms with Gasteiger partial charge in [0.15, 0.2) is 0 Å². The highest BCUT2D eigenvalue weighted by molar-refractivity contribution is 14.1. The second-order valence-electron chi connectivity index (χ2n) is 6.19. The van der Waals surface area contributed by atoms with Crippen LogP contribution in [0.4, 0.5) is 0 Å². The molecule has 1 N–H and O–H groups in total. The molecule has 0 heterocycles. The van der Waals surface area contributed by atoms with Crippen molar-refractivity contribution in [2.24, 2.45) is 5.41 Å². The lowest BCUT2D eigenvalue weighted by atomic mass is 9.82. The van der Waals surface area contributed by atoms with Gasteiger partial charge in [-0.25, -0.2) is 0 Å². The zero-order valence-electron chi connectivity index (χ0n) is 12.6. The number of halogens is 1. The molecule has 2 aromatic carbocycles. The highest BCUT2D eigenvalue weighted by Gasteiger charge is 2.27. The Hall–Kier alpha value is -1.36. The van der Waals surface area contributed by atoms with Gasteiger partial charge in [-0.15, -0.1) is 0 Å². The SMILES string of the molecule is CC(C)(C)C(NC(=O)c1ccc(I)cc1)c1ccccc1. The molecular formula is C18H20INO. The highest BCUT2D eigenvalue weighted by atomic mass is 127. The maximum atomic E-state index is 12.5. The molecule has 0 aliphatic rings. The van der Waals surface area contributed by atoms with Crippen molar-refractivity contribution in [1.82, 2.24) is 5.32 Å². The van der Waals surface area contributed by atoms with Gasteiger partial charge in [-0.1, -0.05) is 51.1 Å². The Morgan fingerprint density at radius 1 is 1.00 bits per heavy atom. The van der Waals surface area contributed by atoms with Crippen LogP contribution in [0.3, 0.4) is 0 Å². The quantitative estimate of drug-likeness (QED) is 0.746. The Balaban J connectivity index is 2.24. The van der Waals surface area contributed by atoms with Crippen LogP contribution in [0.1, 0.15) is 42.7 Å². The van der Waals surface area contributed by atoms with Crippen molar-refractivity contribution in [3.05, 3.63) is 69.3 Å². The fraction of sp³-hybridized carbons (Fsp3) is 0.278. The third-order valence-electron chi connectivity index (χ3n) is 3.38. The summed E-state index contributed by atoms with van der Waals surface area (Å²) in [6, 6.07) is 17.7. The first-order chi connectivity index (χ1) is 9.88. The second kappa shape index (κ2) is 6.60. The Labute approximate surface area is 140 Å². The van der Waals surface area contributed by atoms with E-state index in [0.29, 0.717) is 5.56 Å². The van der Waals surface area contributed by atoms with Crippen molar-refractivity contribution in [2.45, 2.75) is 26.8 Å². The maximum absolute atomic E-state index is 12.5. The largest absolute Gasteiger partial charge is 0.345 e. The first-order valence-electron chi connectivity index (χ1n) is 6.99. The second-order valence-corrected chi connectivity index (χ2v) is 7.44. The van der Waals surface area contributed by atoms with Gasteiger partial charge in [-0.3, -0.25) is 4.79 Å². The van der Waals surface area contributed by atoms with Gasteiger partial charge in [0.05, 0.1) is 6.04 Å². The fourth-order valence-corrected chi connectivity index (χ4v) is 2.62. The lowest BCUT2D eigenvalue weighted by Gasteiger charge is -2.32. The van der Waals surface area contributed by atoms with Crippen LogP contribution < -0.4 is 5.32 Å². The molecule has 21 heavy (non-hydrogen) atoms. The van der Waals surface area contributed by atoms with Gasteiger partial charge in [0, 0.05) is 9.13 Å². The van der Waals surface area contributed by atoms with E-state index in [2.05, 4.69) is 60.8 Å². The van der Waals surface area contributed by atoms with Crippen molar-refractivity contribution in [3.63, 3.8) is 0 Å². The predicted molar refractivity (Wildman–Crippen MR) is 95.3 cm³/mol. The van der Waals surface area contributed by atoms with Crippen molar-refractivity contribution in [1.29, 1.82) is 0 Å². The van der Waals surface area contributed by atoms with E-state index in [-0.39, 0.29) is 17.4 Å². The predicted octanol–water partition coefficient (Wildman–Crippen LogP) is 4.81. The highest BCUT2D eigenvalue weighted by Crippen LogP contribution is 2.32. The minimum absolute atomic E-state index is 0.0227. The monoisotopic (exact) mass is 393 g/mol. The minimum atomic E-state index is -0.0553. The Morgan fingerprint density at radius 3 is 2.10 bits per heavy atom. The summed E-state index contributed by atoms with van der Waals surface area (Å²) in [7, 11) is 0. The van der Waals surface area contributed by atoms with Crippen molar-refractivity contribution < 1.29 is 4.79 Å². The summed E-state index contributed by atoms with van der Waals surface area (Å²) >= 11 is 2.24. The lowest BCUT2D eigenvalue weighted by molar-refractivity contribution is 0.0901. The van der Waals surface area contributed by atoms with E-state index in [1.165, 1.54) is 0 Å². The third kappa shape index (κ3) is 4.30. The van der Waals surface area contributed by atoms with Gasteiger partial charge in [0.1, 0.15) is 0 Å². The van der Waals surface area contributed by atoms with Crippen LogP contribution in [0.25, 0.3) is 0 Å². The third-order valence-corrected chi connectivity index (χ3v) is 4.10. The van der Waals surface area contributed by atoms with Crippen LogP contribution in [0.5, 0.6) is 0 Å². The molecule has 2 aromatic rings. The molecule has 0 aliphatic carbocycles. The van der Waals surface area contributed by atoms with E-state index in [1.807, 2.05) is 42.5 Å². The number of carbonyl (C=O) groups is 1. The molecule has 0 aliphatic heterocycles. The maximum Gasteiger partial charge on any atom is 0.251 e. The minimum Gasteiger partial charge on any atom is -0.345 e. The lowest BCUT2D eigenvalue weighted by Crippen LogP contribution is -2.36. The molecule has 2 nitrogen and oxygen atoms in total. The molecule has 0 spiro atoms. The first-order valence-corrected chi connectivity index (χ1v) is 8.07. The van der Waals surface area contributed by atoms with Crippen LogP contribution in [0.2, 0.25) is 0 Å². The summed E-state index contributed by atoms with van der Waals surface area (Å²) in [5.74, 6) is -0.0322. The summed E-state index contributed by atoms with van der Waals surface area (Å²) in [4.78, 5) is 12.5. The molecule has 3 heteroatoms. The zero-order valence-corrected chi connectivity index (χ0v) is 14.7. The summed E-state index contributed by atoms with van der Waals surface area (Å²) in [6.07, 6.45) is 0. The van der Waals surface area contributed by atoms with Crippen LogP contribution in [-0.4, -0.2) is 5.91 Å². The average Bonchev–Trinajstić information content (AvgIpc) is 2.45. The van der Waals surface area contributed by atoms with Crippen LogP contribution in [0, 0.1) is 8.99 Å². The number of nitrogens with one attached hydrogen (secondary N) is 1. The van der Waals surface area contributed by atoms with E-state index in [9.17, 15) is 4.79 Å².